The van der Waals surface area contributed by atoms with Gasteiger partial charge in [0.25, 0.3) is 5.91 Å². The van der Waals surface area contributed by atoms with Crippen LogP contribution in [0.4, 0.5) is 5.69 Å². The lowest BCUT2D eigenvalue weighted by atomic mass is 10.1. The molecule has 1 amide bonds. The maximum atomic E-state index is 12.5. The van der Waals surface area contributed by atoms with Crippen molar-refractivity contribution in [1.29, 1.82) is 0 Å². The highest BCUT2D eigenvalue weighted by atomic mass is 79.9. The molecule has 4 heteroatoms. The molecule has 0 aliphatic rings. The molecule has 0 atom stereocenters. The summed E-state index contributed by atoms with van der Waals surface area (Å²) in [6.07, 6.45) is 0. The van der Waals surface area contributed by atoms with Crippen LogP contribution in [0, 0.1) is 6.92 Å². The van der Waals surface area contributed by atoms with E-state index in [1.807, 2.05) is 49.4 Å². The largest absolute Gasteiger partial charge is 0.399 e. The zero-order valence-corrected chi connectivity index (χ0v) is 13.1. The van der Waals surface area contributed by atoms with Gasteiger partial charge in [-0.1, -0.05) is 24.3 Å². The topological polar surface area (TPSA) is 46.3 Å². The molecule has 0 aliphatic heterocycles. The minimum atomic E-state index is -0.0111. The molecule has 0 heterocycles. The number of hydrogen-bond acceptors (Lipinski definition) is 2. The molecule has 2 aromatic rings. The molecule has 0 aliphatic carbocycles. The number of benzene rings is 2. The summed E-state index contributed by atoms with van der Waals surface area (Å²) in [6.45, 7) is 2.50. The molecule has 20 heavy (non-hydrogen) atoms. The Balaban J connectivity index is 2.19. The summed E-state index contributed by atoms with van der Waals surface area (Å²) in [4.78, 5) is 14.2. The molecule has 0 fully saturated rings. The van der Waals surface area contributed by atoms with Crippen LogP contribution in [0.5, 0.6) is 0 Å². The van der Waals surface area contributed by atoms with Crippen molar-refractivity contribution in [3.63, 3.8) is 0 Å². The predicted molar refractivity (Wildman–Crippen MR) is 85.5 cm³/mol. The van der Waals surface area contributed by atoms with Crippen molar-refractivity contribution in [2.45, 2.75) is 13.5 Å². The third kappa shape index (κ3) is 3.20. The first kappa shape index (κ1) is 14.6. The number of hydrogen-bond donors (Lipinski definition) is 1. The van der Waals surface area contributed by atoms with Gasteiger partial charge in [-0.2, -0.15) is 0 Å². The molecule has 0 bridgehead atoms. The smallest absolute Gasteiger partial charge is 0.255 e. The zero-order chi connectivity index (χ0) is 14.7. The molecule has 2 aromatic carbocycles. The van der Waals surface area contributed by atoms with Crippen molar-refractivity contribution < 1.29 is 4.79 Å². The highest BCUT2D eigenvalue weighted by Crippen LogP contribution is 2.22. The van der Waals surface area contributed by atoms with Crippen molar-refractivity contribution in [3.05, 3.63) is 63.6 Å². The first-order valence-electron chi connectivity index (χ1n) is 6.34. The SMILES string of the molecule is Cc1cccc(C(=O)N(C)Cc2cccc(N)c2)c1Br. The number of nitrogens with zero attached hydrogens (tertiary/aromatic N) is 1. The summed E-state index contributed by atoms with van der Waals surface area (Å²) in [5.41, 5.74) is 9.21. The van der Waals surface area contributed by atoms with Crippen LogP contribution in [-0.2, 0) is 6.54 Å². The molecular formula is C16H17BrN2O. The number of carbonyl (C=O) groups is 1. The van der Waals surface area contributed by atoms with Crippen LogP contribution in [0.25, 0.3) is 0 Å². The van der Waals surface area contributed by atoms with Gasteiger partial charge in [0.05, 0.1) is 5.56 Å². The maximum absolute atomic E-state index is 12.5. The van der Waals surface area contributed by atoms with E-state index in [4.69, 9.17) is 5.73 Å². The van der Waals surface area contributed by atoms with E-state index in [9.17, 15) is 4.79 Å². The summed E-state index contributed by atoms with van der Waals surface area (Å²) < 4.78 is 0.851. The summed E-state index contributed by atoms with van der Waals surface area (Å²) in [7, 11) is 1.79. The Morgan fingerprint density at radius 2 is 1.95 bits per heavy atom. The number of nitrogens with two attached hydrogens (primary N) is 1. The van der Waals surface area contributed by atoms with Crippen molar-refractivity contribution in [3.8, 4) is 0 Å². The van der Waals surface area contributed by atoms with Crippen LogP contribution < -0.4 is 5.73 Å². The van der Waals surface area contributed by atoms with E-state index in [0.717, 1.165) is 15.6 Å². The minimum absolute atomic E-state index is 0.0111. The highest BCUT2D eigenvalue weighted by molar-refractivity contribution is 9.10. The number of anilines is 1. The number of carbonyl (C=O) groups excluding carboxylic acids is 1. The third-order valence-electron chi connectivity index (χ3n) is 3.14. The molecule has 104 valence electrons. The van der Waals surface area contributed by atoms with E-state index < -0.39 is 0 Å². The monoisotopic (exact) mass is 332 g/mol. The standard InChI is InChI=1S/C16H17BrN2O/c1-11-5-3-8-14(15(11)17)16(20)19(2)10-12-6-4-7-13(18)9-12/h3-9H,10,18H2,1-2H3. The number of amides is 1. The molecule has 0 saturated heterocycles. The van der Waals surface area contributed by atoms with Gasteiger partial charge in [-0.05, 0) is 52.2 Å². The summed E-state index contributed by atoms with van der Waals surface area (Å²) in [5.74, 6) is -0.0111. The Bertz CT molecular complexity index is 640. The number of aryl methyl sites for hydroxylation is 1. The molecule has 2 rings (SSSR count). The third-order valence-corrected chi connectivity index (χ3v) is 4.19. The number of nitrogen functional groups attached to an aromatic ring is 1. The average molecular weight is 333 g/mol. The van der Waals surface area contributed by atoms with Gasteiger partial charge in [-0.25, -0.2) is 0 Å². The first-order chi connectivity index (χ1) is 9.49. The van der Waals surface area contributed by atoms with Gasteiger partial charge < -0.3 is 10.6 Å². The molecule has 0 radical (unpaired) electrons. The molecule has 0 spiro atoms. The van der Waals surface area contributed by atoms with Gasteiger partial charge >= 0.3 is 0 Å². The highest BCUT2D eigenvalue weighted by Gasteiger charge is 2.15. The van der Waals surface area contributed by atoms with Crippen LogP contribution in [-0.4, -0.2) is 17.9 Å². The lowest BCUT2D eigenvalue weighted by Gasteiger charge is -2.19. The van der Waals surface area contributed by atoms with Crippen LogP contribution in [0.2, 0.25) is 0 Å². The van der Waals surface area contributed by atoms with Gasteiger partial charge in [-0.3, -0.25) is 4.79 Å². The van der Waals surface area contributed by atoms with Gasteiger partial charge in [0, 0.05) is 23.8 Å². The van der Waals surface area contributed by atoms with Crippen molar-refractivity contribution in [1.82, 2.24) is 4.90 Å². The molecule has 2 N–H and O–H groups in total. The van der Waals surface area contributed by atoms with E-state index in [-0.39, 0.29) is 5.91 Å². The Labute approximate surface area is 127 Å². The first-order valence-corrected chi connectivity index (χ1v) is 7.13. The van der Waals surface area contributed by atoms with E-state index in [1.54, 1.807) is 11.9 Å². The van der Waals surface area contributed by atoms with Gasteiger partial charge in [0.1, 0.15) is 0 Å². The van der Waals surface area contributed by atoms with Crippen LogP contribution in [0.3, 0.4) is 0 Å². The Morgan fingerprint density at radius 3 is 2.65 bits per heavy atom. The second-order valence-corrected chi connectivity index (χ2v) is 5.64. The number of rotatable bonds is 3. The number of halogens is 1. The fraction of sp³-hybridized carbons (Fsp3) is 0.188. The molecule has 0 saturated carbocycles. The van der Waals surface area contributed by atoms with Crippen molar-refractivity contribution in [2.75, 3.05) is 12.8 Å². The van der Waals surface area contributed by atoms with Crippen molar-refractivity contribution >= 4 is 27.5 Å². The van der Waals surface area contributed by atoms with Crippen LogP contribution >= 0.6 is 15.9 Å². The lowest BCUT2D eigenvalue weighted by molar-refractivity contribution is 0.0784. The van der Waals surface area contributed by atoms with Gasteiger partial charge in [-0.15, -0.1) is 0 Å². The Morgan fingerprint density at radius 1 is 1.25 bits per heavy atom. The fourth-order valence-electron chi connectivity index (χ4n) is 2.06. The summed E-state index contributed by atoms with van der Waals surface area (Å²) in [5, 5.41) is 0. The molecule has 0 aromatic heterocycles. The van der Waals surface area contributed by atoms with E-state index in [2.05, 4.69) is 15.9 Å². The molecule has 0 unspecified atom stereocenters. The maximum Gasteiger partial charge on any atom is 0.255 e. The second-order valence-electron chi connectivity index (χ2n) is 4.84. The van der Waals surface area contributed by atoms with E-state index in [1.165, 1.54) is 0 Å². The van der Waals surface area contributed by atoms with Gasteiger partial charge in [0.15, 0.2) is 0 Å². The molecular weight excluding hydrogens is 316 g/mol. The van der Waals surface area contributed by atoms with Crippen LogP contribution in [0.1, 0.15) is 21.5 Å². The van der Waals surface area contributed by atoms with Crippen LogP contribution in [0.15, 0.2) is 46.9 Å². The summed E-state index contributed by atoms with van der Waals surface area (Å²) >= 11 is 3.48. The van der Waals surface area contributed by atoms with E-state index in [0.29, 0.717) is 17.8 Å². The fourth-order valence-corrected chi connectivity index (χ4v) is 2.49. The Hall–Kier alpha value is -1.81. The quantitative estimate of drug-likeness (QED) is 0.872. The summed E-state index contributed by atoms with van der Waals surface area (Å²) in [6, 6.07) is 13.3. The minimum Gasteiger partial charge on any atom is -0.399 e. The van der Waals surface area contributed by atoms with Gasteiger partial charge in [0.2, 0.25) is 0 Å². The van der Waals surface area contributed by atoms with E-state index >= 15 is 0 Å². The normalized spacial score (nSPS) is 10.3. The zero-order valence-electron chi connectivity index (χ0n) is 11.6. The average Bonchev–Trinajstić information content (AvgIpc) is 2.41. The molecule has 3 nitrogen and oxygen atoms in total. The second kappa shape index (κ2) is 6.09. The van der Waals surface area contributed by atoms with Crippen molar-refractivity contribution in [2.24, 2.45) is 0 Å². The lowest BCUT2D eigenvalue weighted by Crippen LogP contribution is -2.26. The predicted octanol–water partition coefficient (Wildman–Crippen LogP) is 3.61. The Kier molecular flexibility index (Phi) is 4.45.